The molecule has 210 valence electrons. The van der Waals surface area contributed by atoms with Gasteiger partial charge in [0, 0.05) is 37.5 Å². The van der Waals surface area contributed by atoms with Crippen molar-refractivity contribution in [3.63, 3.8) is 0 Å². The molecule has 4 rings (SSSR count). The third-order valence-corrected chi connectivity index (χ3v) is 7.47. The summed E-state index contributed by atoms with van der Waals surface area (Å²) in [4.78, 5) is 18.1. The van der Waals surface area contributed by atoms with Crippen molar-refractivity contribution in [1.82, 2.24) is 15.0 Å². The summed E-state index contributed by atoms with van der Waals surface area (Å²) >= 11 is 1.70. The second-order valence-electron chi connectivity index (χ2n) is 9.70. The highest BCUT2D eigenvalue weighted by molar-refractivity contribution is 7.98. The second-order valence-corrected chi connectivity index (χ2v) is 10.7. The highest BCUT2D eigenvalue weighted by Gasteiger charge is 2.23. The molecule has 1 aliphatic rings. The molecule has 1 aromatic carbocycles. The Bertz CT molecular complexity index is 1170. The molecule has 3 aromatic rings. The highest BCUT2D eigenvalue weighted by atomic mass is 32.2. The molecule has 0 unspecified atom stereocenters. The Morgan fingerprint density at radius 1 is 1.00 bits per heavy atom. The van der Waals surface area contributed by atoms with Crippen molar-refractivity contribution >= 4 is 23.4 Å². The minimum absolute atomic E-state index is 0.189. The molecule has 0 spiro atoms. The zero-order chi connectivity index (χ0) is 27.6. The molecule has 0 amide bonds. The van der Waals surface area contributed by atoms with E-state index in [4.69, 9.17) is 14.5 Å². The van der Waals surface area contributed by atoms with Crippen molar-refractivity contribution in [2.75, 3.05) is 48.6 Å². The van der Waals surface area contributed by atoms with Crippen molar-refractivity contribution in [2.45, 2.75) is 45.7 Å². The van der Waals surface area contributed by atoms with E-state index in [0.29, 0.717) is 42.2 Å². The number of methoxy groups -OCH3 is 1. The quantitative estimate of drug-likeness (QED) is 0.220. The van der Waals surface area contributed by atoms with Crippen molar-refractivity contribution in [2.24, 2.45) is 5.92 Å². The summed E-state index contributed by atoms with van der Waals surface area (Å²) in [6.45, 7) is 5.01. The van der Waals surface area contributed by atoms with E-state index in [9.17, 15) is 8.78 Å². The van der Waals surface area contributed by atoms with Crippen LogP contribution in [0.3, 0.4) is 0 Å². The SMILES string of the molecule is CCN(CC1CCCC1)c1ccc(OC)nc1CN(Cc1cc(F)cc(F)c1)c1ncc(OCCSC)cn1. The molecule has 1 saturated carbocycles. The Labute approximate surface area is 234 Å². The average Bonchev–Trinajstić information content (AvgIpc) is 3.45. The first-order chi connectivity index (χ1) is 19.0. The minimum atomic E-state index is -0.627. The lowest BCUT2D eigenvalue weighted by molar-refractivity contribution is 0.341. The molecule has 0 atom stereocenters. The normalized spacial score (nSPS) is 13.5. The predicted octanol–water partition coefficient (Wildman–Crippen LogP) is 6.12. The number of nitrogens with zero attached hydrogens (tertiary/aromatic N) is 5. The number of ether oxygens (including phenoxy) is 2. The van der Waals surface area contributed by atoms with E-state index in [1.165, 1.54) is 37.8 Å². The van der Waals surface area contributed by atoms with E-state index >= 15 is 0 Å². The van der Waals surface area contributed by atoms with Gasteiger partial charge in [0.15, 0.2) is 5.75 Å². The Morgan fingerprint density at radius 2 is 1.72 bits per heavy atom. The fraction of sp³-hybridized carbons (Fsp3) is 0.483. The van der Waals surface area contributed by atoms with E-state index in [1.54, 1.807) is 31.3 Å². The van der Waals surface area contributed by atoms with Gasteiger partial charge < -0.3 is 19.3 Å². The van der Waals surface area contributed by atoms with E-state index in [-0.39, 0.29) is 6.54 Å². The Balaban J connectivity index is 1.66. The topological polar surface area (TPSA) is 63.6 Å². The molecule has 0 bridgehead atoms. The van der Waals surface area contributed by atoms with Crippen LogP contribution in [0.15, 0.2) is 42.7 Å². The number of thioether (sulfide) groups is 1. The first kappa shape index (κ1) is 28.9. The van der Waals surface area contributed by atoms with E-state index < -0.39 is 11.6 Å². The summed E-state index contributed by atoms with van der Waals surface area (Å²) < 4.78 is 39.3. The molecule has 7 nitrogen and oxygen atoms in total. The van der Waals surface area contributed by atoms with Gasteiger partial charge in [0.2, 0.25) is 11.8 Å². The van der Waals surface area contributed by atoms with Crippen LogP contribution in [0, 0.1) is 17.6 Å². The molecular formula is C29H37F2N5O2S. The number of anilines is 2. The van der Waals surface area contributed by atoms with Gasteiger partial charge in [-0.25, -0.2) is 23.7 Å². The highest BCUT2D eigenvalue weighted by Crippen LogP contribution is 2.31. The number of benzene rings is 1. The summed E-state index contributed by atoms with van der Waals surface area (Å²) in [6, 6.07) is 7.44. The van der Waals surface area contributed by atoms with Crippen LogP contribution in [0.2, 0.25) is 0 Å². The van der Waals surface area contributed by atoms with Crippen LogP contribution in [0.4, 0.5) is 20.4 Å². The summed E-state index contributed by atoms with van der Waals surface area (Å²) in [5, 5.41) is 0. The van der Waals surface area contributed by atoms with Gasteiger partial charge in [0.25, 0.3) is 0 Å². The molecule has 2 heterocycles. The molecule has 1 fully saturated rings. The van der Waals surface area contributed by atoms with Gasteiger partial charge >= 0.3 is 0 Å². The van der Waals surface area contributed by atoms with Crippen LogP contribution in [-0.4, -0.2) is 53.8 Å². The van der Waals surface area contributed by atoms with Crippen molar-refractivity contribution in [3.8, 4) is 11.6 Å². The molecule has 0 radical (unpaired) electrons. The largest absolute Gasteiger partial charge is 0.489 e. The fourth-order valence-electron chi connectivity index (χ4n) is 4.99. The standard InChI is InChI=1S/C29H37F2N5O2S/c1-4-35(18-21-7-5-6-8-21)27-9-10-28(37-2)34-26(27)20-36(19-22-13-23(30)15-24(31)14-22)29-32-16-25(17-33-29)38-11-12-39-3/h9-10,13-17,21H,4-8,11-12,18-20H2,1-3H3. The molecule has 0 N–H and O–H groups in total. The number of hydrogen-bond acceptors (Lipinski definition) is 8. The summed E-state index contributed by atoms with van der Waals surface area (Å²) in [6.07, 6.45) is 10.3. The minimum Gasteiger partial charge on any atom is -0.489 e. The monoisotopic (exact) mass is 557 g/mol. The number of aromatic nitrogens is 3. The van der Waals surface area contributed by atoms with Crippen LogP contribution < -0.4 is 19.3 Å². The van der Waals surface area contributed by atoms with Gasteiger partial charge in [-0.15, -0.1) is 0 Å². The van der Waals surface area contributed by atoms with Crippen molar-refractivity contribution in [1.29, 1.82) is 0 Å². The molecular weight excluding hydrogens is 520 g/mol. The van der Waals surface area contributed by atoms with E-state index in [1.807, 2.05) is 23.3 Å². The lowest BCUT2D eigenvalue weighted by atomic mass is 10.1. The van der Waals surface area contributed by atoms with Crippen LogP contribution in [0.5, 0.6) is 11.6 Å². The summed E-state index contributed by atoms with van der Waals surface area (Å²) in [5.41, 5.74) is 2.27. The molecule has 2 aromatic heterocycles. The Hall–Kier alpha value is -3.14. The lowest BCUT2D eigenvalue weighted by Crippen LogP contribution is -2.31. The van der Waals surface area contributed by atoms with Gasteiger partial charge in [-0.05, 0) is 55.7 Å². The average molecular weight is 558 g/mol. The number of rotatable bonds is 14. The van der Waals surface area contributed by atoms with Crippen LogP contribution in [-0.2, 0) is 13.1 Å². The summed E-state index contributed by atoms with van der Waals surface area (Å²) in [7, 11) is 1.59. The lowest BCUT2D eigenvalue weighted by Gasteiger charge is -2.30. The fourth-order valence-corrected chi connectivity index (χ4v) is 5.24. The Kier molecular flexibility index (Phi) is 10.6. The number of pyridine rings is 1. The van der Waals surface area contributed by atoms with Crippen LogP contribution >= 0.6 is 11.8 Å². The first-order valence-corrected chi connectivity index (χ1v) is 14.8. The third kappa shape index (κ3) is 8.17. The van der Waals surface area contributed by atoms with E-state index in [2.05, 4.69) is 21.8 Å². The van der Waals surface area contributed by atoms with Gasteiger partial charge in [0.05, 0.1) is 44.0 Å². The van der Waals surface area contributed by atoms with Crippen molar-refractivity contribution in [3.05, 3.63) is 65.6 Å². The van der Waals surface area contributed by atoms with Crippen LogP contribution in [0.1, 0.15) is 43.9 Å². The number of hydrogen-bond donors (Lipinski definition) is 0. The molecule has 39 heavy (non-hydrogen) atoms. The van der Waals surface area contributed by atoms with Gasteiger partial charge in [-0.1, -0.05) is 12.8 Å². The van der Waals surface area contributed by atoms with Crippen LogP contribution in [0.25, 0.3) is 0 Å². The number of halogens is 2. The smallest absolute Gasteiger partial charge is 0.226 e. The second kappa shape index (κ2) is 14.3. The summed E-state index contributed by atoms with van der Waals surface area (Å²) in [5.74, 6) is 1.74. The first-order valence-electron chi connectivity index (χ1n) is 13.4. The maximum atomic E-state index is 14.1. The molecule has 10 heteroatoms. The molecule has 0 saturated heterocycles. The molecule has 0 aliphatic heterocycles. The van der Waals surface area contributed by atoms with Crippen molar-refractivity contribution < 1.29 is 18.3 Å². The maximum absolute atomic E-state index is 14.1. The van der Waals surface area contributed by atoms with Gasteiger partial charge in [-0.3, -0.25) is 0 Å². The zero-order valence-electron chi connectivity index (χ0n) is 22.9. The third-order valence-electron chi connectivity index (χ3n) is 6.90. The van der Waals surface area contributed by atoms with Gasteiger partial charge in [-0.2, -0.15) is 11.8 Å². The van der Waals surface area contributed by atoms with Gasteiger partial charge in [0.1, 0.15) is 11.6 Å². The maximum Gasteiger partial charge on any atom is 0.226 e. The zero-order valence-corrected chi connectivity index (χ0v) is 23.7. The molecule has 1 aliphatic carbocycles. The predicted molar refractivity (Wildman–Crippen MR) is 153 cm³/mol. The Morgan fingerprint density at radius 3 is 2.36 bits per heavy atom. The van der Waals surface area contributed by atoms with E-state index in [0.717, 1.165) is 36.3 Å².